The molecule has 166 valence electrons. The second-order valence-corrected chi connectivity index (χ2v) is 8.69. The summed E-state index contributed by atoms with van der Waals surface area (Å²) in [6.45, 7) is 0.447. The fourth-order valence-corrected chi connectivity index (χ4v) is 4.92. The first-order valence-corrected chi connectivity index (χ1v) is 11.1. The van der Waals surface area contributed by atoms with Crippen molar-refractivity contribution < 1.29 is 23.5 Å². The lowest BCUT2D eigenvalue weighted by Gasteiger charge is -2.11. The molecule has 0 aliphatic carbocycles. The average molecular weight is 483 g/mol. The van der Waals surface area contributed by atoms with Crippen LogP contribution < -0.4 is 20.1 Å². The number of nitrogens with one attached hydrogen (secondary N) is 2. The lowest BCUT2D eigenvalue weighted by Crippen LogP contribution is -2.24. The standard InChI is InChI=1S/C24H16ClFN2O4S/c25-21-16-7-6-14(26)10-20(16)33-22(21)24(30)28-17-4-2-1-3-15(17)23(29)27-11-13-5-8-18-19(9-13)32-12-31-18/h1-10H,11-12H2,(H,27,29)(H,28,30). The summed E-state index contributed by atoms with van der Waals surface area (Å²) in [6, 6.07) is 16.3. The highest BCUT2D eigenvalue weighted by atomic mass is 35.5. The highest BCUT2D eigenvalue weighted by Crippen LogP contribution is 2.36. The van der Waals surface area contributed by atoms with E-state index in [0.717, 1.165) is 16.9 Å². The fraction of sp³-hybridized carbons (Fsp3) is 0.0833. The van der Waals surface area contributed by atoms with Crippen LogP contribution >= 0.6 is 22.9 Å². The van der Waals surface area contributed by atoms with Crippen molar-refractivity contribution in [1.29, 1.82) is 0 Å². The van der Waals surface area contributed by atoms with Crippen LogP contribution in [0.25, 0.3) is 10.1 Å². The highest BCUT2D eigenvalue weighted by Gasteiger charge is 2.20. The minimum atomic E-state index is -0.474. The molecule has 2 N–H and O–H groups in total. The van der Waals surface area contributed by atoms with E-state index in [1.54, 1.807) is 30.3 Å². The average Bonchev–Trinajstić information content (AvgIpc) is 3.41. The van der Waals surface area contributed by atoms with E-state index < -0.39 is 11.7 Å². The van der Waals surface area contributed by atoms with Crippen LogP contribution in [-0.4, -0.2) is 18.6 Å². The molecule has 0 fully saturated rings. The molecule has 9 heteroatoms. The maximum Gasteiger partial charge on any atom is 0.267 e. The Morgan fingerprint density at radius 3 is 2.70 bits per heavy atom. The zero-order valence-electron chi connectivity index (χ0n) is 17.0. The predicted octanol–water partition coefficient (Wildman–Crippen LogP) is 5.60. The number of halogens is 2. The second kappa shape index (κ2) is 8.73. The molecule has 0 unspecified atom stereocenters. The third-order valence-electron chi connectivity index (χ3n) is 5.11. The van der Waals surface area contributed by atoms with Crippen molar-refractivity contribution in [1.82, 2.24) is 5.32 Å². The number of para-hydroxylation sites is 1. The number of rotatable bonds is 5. The molecule has 1 aromatic heterocycles. The zero-order valence-corrected chi connectivity index (χ0v) is 18.6. The van der Waals surface area contributed by atoms with Crippen LogP contribution in [0.3, 0.4) is 0 Å². The number of fused-ring (bicyclic) bond motifs is 2. The Hall–Kier alpha value is -3.62. The first kappa shape index (κ1) is 21.2. The van der Waals surface area contributed by atoms with Gasteiger partial charge in [-0.05, 0) is 48.0 Å². The van der Waals surface area contributed by atoms with Crippen LogP contribution in [0.1, 0.15) is 25.6 Å². The van der Waals surface area contributed by atoms with Gasteiger partial charge in [-0.2, -0.15) is 0 Å². The van der Waals surface area contributed by atoms with Gasteiger partial charge in [0.15, 0.2) is 11.5 Å². The molecule has 4 aromatic rings. The minimum absolute atomic E-state index is 0.178. The van der Waals surface area contributed by atoms with Gasteiger partial charge >= 0.3 is 0 Å². The molecule has 6 nitrogen and oxygen atoms in total. The van der Waals surface area contributed by atoms with Crippen molar-refractivity contribution >= 4 is 50.5 Å². The predicted molar refractivity (Wildman–Crippen MR) is 125 cm³/mol. The summed E-state index contributed by atoms with van der Waals surface area (Å²) >= 11 is 7.45. The third-order valence-corrected chi connectivity index (χ3v) is 6.76. The summed E-state index contributed by atoms with van der Waals surface area (Å²) in [4.78, 5) is 26.0. The van der Waals surface area contributed by atoms with E-state index in [4.69, 9.17) is 21.1 Å². The Bertz CT molecular complexity index is 1400. The summed E-state index contributed by atoms with van der Waals surface area (Å²) in [5.74, 6) is 0.0674. The van der Waals surface area contributed by atoms with Gasteiger partial charge in [0.25, 0.3) is 11.8 Å². The van der Waals surface area contributed by atoms with Crippen molar-refractivity contribution in [3.05, 3.63) is 87.5 Å². The maximum absolute atomic E-state index is 13.5. The van der Waals surface area contributed by atoms with Gasteiger partial charge in [0.2, 0.25) is 6.79 Å². The van der Waals surface area contributed by atoms with Crippen molar-refractivity contribution in [3.63, 3.8) is 0 Å². The van der Waals surface area contributed by atoms with E-state index in [1.165, 1.54) is 18.2 Å². The number of carbonyl (C=O) groups excluding carboxylic acids is 2. The topological polar surface area (TPSA) is 76.7 Å². The molecule has 0 radical (unpaired) electrons. The Morgan fingerprint density at radius 1 is 1.00 bits per heavy atom. The van der Waals surface area contributed by atoms with Crippen LogP contribution in [0, 0.1) is 5.82 Å². The van der Waals surface area contributed by atoms with E-state index in [1.807, 2.05) is 12.1 Å². The van der Waals surface area contributed by atoms with Gasteiger partial charge in [0, 0.05) is 16.6 Å². The lowest BCUT2D eigenvalue weighted by molar-refractivity contribution is 0.0951. The Kier molecular flexibility index (Phi) is 5.62. The first-order valence-electron chi connectivity index (χ1n) is 9.94. The number of thiophene rings is 1. The highest BCUT2D eigenvalue weighted by molar-refractivity contribution is 7.21. The smallest absolute Gasteiger partial charge is 0.267 e. The van der Waals surface area contributed by atoms with Crippen LogP contribution in [0.4, 0.5) is 10.1 Å². The minimum Gasteiger partial charge on any atom is -0.454 e. The molecule has 2 amide bonds. The van der Waals surface area contributed by atoms with Gasteiger partial charge in [-0.25, -0.2) is 4.39 Å². The van der Waals surface area contributed by atoms with Gasteiger partial charge in [-0.3, -0.25) is 9.59 Å². The second-order valence-electron chi connectivity index (χ2n) is 7.26. The molecule has 0 atom stereocenters. The Balaban J connectivity index is 1.33. The number of benzene rings is 3. The number of amides is 2. The third kappa shape index (κ3) is 4.22. The van der Waals surface area contributed by atoms with Gasteiger partial charge in [-0.15, -0.1) is 11.3 Å². The lowest BCUT2D eigenvalue weighted by atomic mass is 10.1. The molecule has 3 aromatic carbocycles. The summed E-state index contributed by atoms with van der Waals surface area (Å²) in [6.07, 6.45) is 0. The molecular formula is C24H16ClFN2O4S. The summed E-state index contributed by atoms with van der Waals surface area (Å²) in [5, 5.41) is 6.45. The number of hydrogen-bond acceptors (Lipinski definition) is 5. The van der Waals surface area contributed by atoms with Crippen molar-refractivity contribution in [3.8, 4) is 11.5 Å². The van der Waals surface area contributed by atoms with Crippen molar-refractivity contribution in [2.24, 2.45) is 0 Å². The van der Waals surface area contributed by atoms with Crippen LogP contribution in [0.15, 0.2) is 60.7 Å². The molecule has 33 heavy (non-hydrogen) atoms. The molecule has 1 aliphatic rings. The number of ether oxygens (including phenoxy) is 2. The molecular weight excluding hydrogens is 467 g/mol. The van der Waals surface area contributed by atoms with E-state index in [2.05, 4.69) is 10.6 Å². The summed E-state index contributed by atoms with van der Waals surface area (Å²) in [7, 11) is 0. The molecule has 2 heterocycles. The monoisotopic (exact) mass is 482 g/mol. The van der Waals surface area contributed by atoms with E-state index in [0.29, 0.717) is 32.8 Å². The van der Waals surface area contributed by atoms with E-state index in [9.17, 15) is 14.0 Å². The SMILES string of the molecule is O=C(NCc1ccc2c(c1)OCO2)c1ccccc1NC(=O)c1sc2cc(F)ccc2c1Cl. The van der Waals surface area contributed by atoms with Crippen molar-refractivity contribution in [2.45, 2.75) is 6.54 Å². The number of anilines is 1. The molecule has 0 saturated carbocycles. The van der Waals surface area contributed by atoms with Crippen molar-refractivity contribution in [2.75, 3.05) is 12.1 Å². The molecule has 0 saturated heterocycles. The summed E-state index contributed by atoms with van der Waals surface area (Å²) < 4.78 is 24.8. The molecule has 0 bridgehead atoms. The number of hydrogen-bond donors (Lipinski definition) is 2. The Labute approximate surface area is 196 Å². The molecule has 1 aliphatic heterocycles. The maximum atomic E-state index is 13.5. The normalized spacial score (nSPS) is 12.1. The molecule has 5 rings (SSSR count). The fourth-order valence-electron chi connectivity index (χ4n) is 3.48. The van der Waals surface area contributed by atoms with E-state index in [-0.39, 0.29) is 29.1 Å². The van der Waals surface area contributed by atoms with Gasteiger partial charge < -0.3 is 20.1 Å². The van der Waals surface area contributed by atoms with Gasteiger partial charge in [-0.1, -0.05) is 29.8 Å². The zero-order chi connectivity index (χ0) is 22.9. The molecule has 0 spiro atoms. The largest absolute Gasteiger partial charge is 0.454 e. The van der Waals surface area contributed by atoms with Gasteiger partial charge in [0.1, 0.15) is 10.7 Å². The number of carbonyl (C=O) groups is 2. The van der Waals surface area contributed by atoms with Gasteiger partial charge in [0.05, 0.1) is 16.3 Å². The van der Waals surface area contributed by atoms with Crippen LogP contribution in [-0.2, 0) is 6.54 Å². The van der Waals surface area contributed by atoms with Crippen LogP contribution in [0.5, 0.6) is 11.5 Å². The van der Waals surface area contributed by atoms with Crippen LogP contribution in [0.2, 0.25) is 5.02 Å². The quantitative estimate of drug-likeness (QED) is 0.388. The summed E-state index contributed by atoms with van der Waals surface area (Å²) in [5.41, 5.74) is 1.48. The van der Waals surface area contributed by atoms with E-state index >= 15 is 0 Å². The Morgan fingerprint density at radius 2 is 1.82 bits per heavy atom. The first-order chi connectivity index (χ1) is 16.0.